The third kappa shape index (κ3) is 4.39. The number of esters is 2. The minimum atomic E-state index is -1.62. The van der Waals surface area contributed by atoms with Gasteiger partial charge in [-0.05, 0) is 27.7 Å². The lowest BCUT2D eigenvalue weighted by molar-refractivity contribution is -0.238. The highest BCUT2D eigenvalue weighted by atomic mass is 16.6. The summed E-state index contributed by atoms with van der Waals surface area (Å²) < 4.78 is 15.0. The summed E-state index contributed by atoms with van der Waals surface area (Å²) in [5.74, 6) is -1.37. The summed E-state index contributed by atoms with van der Waals surface area (Å²) in [6.45, 7) is 6.29. The molecular formula is C14H24O8. The van der Waals surface area contributed by atoms with Crippen LogP contribution in [0.4, 0.5) is 0 Å². The van der Waals surface area contributed by atoms with Gasteiger partial charge in [0.15, 0.2) is 6.10 Å². The monoisotopic (exact) mass is 320 g/mol. The first-order valence-electron chi connectivity index (χ1n) is 7.13. The maximum atomic E-state index is 11.7. The molecule has 0 amide bonds. The van der Waals surface area contributed by atoms with Crippen LogP contribution in [0.5, 0.6) is 0 Å². The van der Waals surface area contributed by atoms with E-state index in [1.807, 2.05) is 0 Å². The Kier molecular flexibility index (Phi) is 6.30. The molecule has 0 radical (unpaired) electrons. The van der Waals surface area contributed by atoms with Gasteiger partial charge >= 0.3 is 11.9 Å². The Balaban J connectivity index is 2.73. The average Bonchev–Trinajstić information content (AvgIpc) is 2.42. The van der Waals surface area contributed by atoms with Crippen molar-refractivity contribution in [3.8, 4) is 0 Å². The summed E-state index contributed by atoms with van der Waals surface area (Å²) in [6.07, 6.45) is -7.31. The summed E-state index contributed by atoms with van der Waals surface area (Å²) in [7, 11) is 0. The van der Waals surface area contributed by atoms with Gasteiger partial charge in [-0.25, -0.2) is 4.79 Å². The summed E-state index contributed by atoms with van der Waals surface area (Å²) in [4.78, 5) is 23.4. The smallest absolute Gasteiger partial charge is 0.338 e. The fraction of sp³-hybridized carbons (Fsp3) is 0.857. The van der Waals surface area contributed by atoms with Crippen molar-refractivity contribution in [2.24, 2.45) is 5.41 Å². The van der Waals surface area contributed by atoms with E-state index in [9.17, 15) is 24.9 Å². The van der Waals surface area contributed by atoms with Gasteiger partial charge in [-0.1, -0.05) is 0 Å². The third-order valence-electron chi connectivity index (χ3n) is 3.22. The highest BCUT2D eigenvalue weighted by Gasteiger charge is 2.47. The van der Waals surface area contributed by atoms with Gasteiger partial charge in [-0.2, -0.15) is 0 Å². The minimum Gasteiger partial charge on any atom is -0.464 e. The van der Waals surface area contributed by atoms with Crippen molar-refractivity contribution in [1.82, 2.24) is 0 Å². The molecule has 22 heavy (non-hydrogen) atoms. The van der Waals surface area contributed by atoms with E-state index in [-0.39, 0.29) is 13.2 Å². The second kappa shape index (κ2) is 7.36. The molecule has 5 atom stereocenters. The number of carbonyl (C=O) groups is 2. The molecule has 3 N–H and O–H groups in total. The predicted octanol–water partition coefficient (Wildman–Crippen LogP) is -1.01. The number of hydrogen-bond acceptors (Lipinski definition) is 8. The lowest BCUT2D eigenvalue weighted by Crippen LogP contribution is -2.61. The Bertz CT molecular complexity index is 402. The number of rotatable bonds is 4. The molecule has 0 aromatic rings. The molecule has 0 saturated carbocycles. The lowest BCUT2D eigenvalue weighted by Gasteiger charge is -2.39. The molecule has 1 saturated heterocycles. The van der Waals surface area contributed by atoms with Crippen molar-refractivity contribution in [2.75, 3.05) is 13.2 Å². The summed E-state index contributed by atoms with van der Waals surface area (Å²) in [5, 5.41) is 29.5. The maximum Gasteiger partial charge on any atom is 0.338 e. The number of aliphatic hydroxyl groups excluding tert-OH is 3. The molecule has 1 fully saturated rings. The van der Waals surface area contributed by atoms with Crippen LogP contribution in [0.1, 0.15) is 27.7 Å². The zero-order valence-corrected chi connectivity index (χ0v) is 13.2. The fourth-order valence-electron chi connectivity index (χ4n) is 1.88. The lowest BCUT2D eigenvalue weighted by atomic mass is 9.95. The molecule has 1 rings (SSSR count). The van der Waals surface area contributed by atoms with E-state index in [0.717, 1.165) is 0 Å². The van der Waals surface area contributed by atoms with Crippen LogP contribution in [0.3, 0.4) is 0 Å². The number of carbonyl (C=O) groups excluding carboxylic acids is 2. The first kappa shape index (κ1) is 18.8. The predicted molar refractivity (Wildman–Crippen MR) is 73.7 cm³/mol. The average molecular weight is 320 g/mol. The standard InChI is InChI=1S/C14H24O8/c1-5-20-12(18)11-10(17)9(16)8(15)7(22-11)6-21-13(19)14(2,3)4/h7-11,15-17H,5-6H2,1-4H3/t7-,8-,9+,10-,11-/m1/s1. The van der Waals surface area contributed by atoms with Crippen molar-refractivity contribution in [3.63, 3.8) is 0 Å². The highest BCUT2D eigenvalue weighted by molar-refractivity contribution is 5.76. The van der Waals surface area contributed by atoms with Gasteiger partial charge in [0, 0.05) is 0 Å². The van der Waals surface area contributed by atoms with Gasteiger partial charge < -0.3 is 29.5 Å². The van der Waals surface area contributed by atoms with Crippen molar-refractivity contribution in [3.05, 3.63) is 0 Å². The van der Waals surface area contributed by atoms with E-state index in [1.165, 1.54) is 0 Å². The molecular weight excluding hydrogens is 296 g/mol. The van der Waals surface area contributed by atoms with Crippen LogP contribution in [0.15, 0.2) is 0 Å². The molecule has 0 aromatic heterocycles. The normalized spacial score (nSPS) is 32.4. The van der Waals surface area contributed by atoms with Gasteiger partial charge in [0.1, 0.15) is 31.0 Å². The topological polar surface area (TPSA) is 123 Å². The Morgan fingerprint density at radius 2 is 1.64 bits per heavy atom. The fourth-order valence-corrected chi connectivity index (χ4v) is 1.88. The molecule has 0 aromatic carbocycles. The van der Waals surface area contributed by atoms with Crippen LogP contribution < -0.4 is 0 Å². The summed E-state index contributed by atoms with van der Waals surface area (Å²) in [5.41, 5.74) is -0.738. The first-order valence-corrected chi connectivity index (χ1v) is 7.13. The summed E-state index contributed by atoms with van der Waals surface area (Å²) in [6, 6.07) is 0. The van der Waals surface area contributed by atoms with Crippen LogP contribution in [-0.4, -0.2) is 71.0 Å². The molecule has 8 heteroatoms. The molecule has 1 heterocycles. The van der Waals surface area contributed by atoms with Crippen LogP contribution in [0, 0.1) is 5.41 Å². The molecule has 1 aliphatic heterocycles. The van der Waals surface area contributed by atoms with Gasteiger partial charge in [0.2, 0.25) is 0 Å². The zero-order valence-electron chi connectivity index (χ0n) is 13.2. The Labute approximate surface area is 129 Å². The van der Waals surface area contributed by atoms with Gasteiger partial charge in [0.25, 0.3) is 0 Å². The van der Waals surface area contributed by atoms with E-state index in [1.54, 1.807) is 27.7 Å². The highest BCUT2D eigenvalue weighted by Crippen LogP contribution is 2.23. The molecule has 8 nitrogen and oxygen atoms in total. The Morgan fingerprint density at radius 3 is 2.14 bits per heavy atom. The van der Waals surface area contributed by atoms with Crippen molar-refractivity contribution >= 4 is 11.9 Å². The second-order valence-electron chi connectivity index (χ2n) is 6.17. The Hall–Kier alpha value is -1.22. The molecule has 1 aliphatic rings. The van der Waals surface area contributed by atoms with Crippen LogP contribution in [0.25, 0.3) is 0 Å². The van der Waals surface area contributed by atoms with E-state index in [4.69, 9.17) is 14.2 Å². The summed E-state index contributed by atoms with van der Waals surface area (Å²) >= 11 is 0. The van der Waals surface area contributed by atoms with Gasteiger partial charge in [-0.3, -0.25) is 4.79 Å². The molecule has 0 aliphatic carbocycles. The molecule has 0 unspecified atom stereocenters. The molecule has 128 valence electrons. The van der Waals surface area contributed by atoms with E-state index >= 15 is 0 Å². The van der Waals surface area contributed by atoms with Crippen LogP contribution in [0.2, 0.25) is 0 Å². The number of hydrogen-bond donors (Lipinski definition) is 3. The van der Waals surface area contributed by atoms with Crippen molar-refractivity contribution in [1.29, 1.82) is 0 Å². The Morgan fingerprint density at radius 1 is 1.05 bits per heavy atom. The SMILES string of the molecule is CCOC(=O)[C@@H]1O[C@H](COC(=O)C(C)(C)C)[C@@H](O)[C@H](O)[C@H]1O. The van der Waals surface area contributed by atoms with E-state index < -0.39 is 47.9 Å². The quantitative estimate of drug-likeness (QED) is 0.563. The van der Waals surface area contributed by atoms with Gasteiger partial charge in [0.05, 0.1) is 12.0 Å². The minimum absolute atomic E-state index is 0.0771. The zero-order chi connectivity index (χ0) is 17.1. The first-order chi connectivity index (χ1) is 10.1. The van der Waals surface area contributed by atoms with Crippen molar-refractivity contribution in [2.45, 2.75) is 58.2 Å². The van der Waals surface area contributed by atoms with E-state index in [0.29, 0.717) is 0 Å². The number of ether oxygens (including phenoxy) is 3. The van der Waals surface area contributed by atoms with E-state index in [2.05, 4.69) is 0 Å². The van der Waals surface area contributed by atoms with Crippen molar-refractivity contribution < 1.29 is 39.1 Å². The second-order valence-corrected chi connectivity index (χ2v) is 6.17. The largest absolute Gasteiger partial charge is 0.464 e. The van der Waals surface area contributed by atoms with Crippen LogP contribution >= 0.6 is 0 Å². The maximum absolute atomic E-state index is 11.7. The number of aliphatic hydroxyl groups is 3. The van der Waals surface area contributed by atoms with Crippen LogP contribution in [-0.2, 0) is 23.8 Å². The van der Waals surface area contributed by atoms with Gasteiger partial charge in [-0.15, -0.1) is 0 Å². The molecule has 0 spiro atoms. The molecule has 0 bridgehead atoms. The third-order valence-corrected chi connectivity index (χ3v) is 3.22.